The van der Waals surface area contributed by atoms with E-state index in [-0.39, 0.29) is 5.78 Å². The second-order valence-electron chi connectivity index (χ2n) is 4.78. The summed E-state index contributed by atoms with van der Waals surface area (Å²) in [4.78, 5) is 19.5. The highest BCUT2D eigenvalue weighted by atomic mass is 16.5. The summed E-state index contributed by atoms with van der Waals surface area (Å²) >= 11 is 0. The zero-order chi connectivity index (χ0) is 15.4. The summed E-state index contributed by atoms with van der Waals surface area (Å²) in [5, 5.41) is 0.843. The number of fused-ring (bicyclic) bond motifs is 1. The Labute approximate surface area is 128 Å². The summed E-state index contributed by atoms with van der Waals surface area (Å²) in [6.45, 7) is 1.51. The molecule has 2 aromatic carbocycles. The molecule has 0 aliphatic rings. The molecule has 3 rings (SSSR count). The standard InChI is InChI=1S/C18H14N2O2/c1-13(21)10-11-14-6-2-5-9-17(14)22-18-15-7-3-4-8-16(15)19-12-20-18/h2-12H,1H3. The minimum Gasteiger partial charge on any atom is -0.438 e. The number of hydrogen-bond donors (Lipinski definition) is 0. The Balaban J connectivity index is 2.01. The maximum absolute atomic E-state index is 11.1. The molecule has 0 spiro atoms. The summed E-state index contributed by atoms with van der Waals surface area (Å²) in [6, 6.07) is 15.2. The lowest BCUT2D eigenvalue weighted by molar-refractivity contribution is -0.112. The van der Waals surface area contributed by atoms with Crippen molar-refractivity contribution in [1.29, 1.82) is 0 Å². The van der Waals surface area contributed by atoms with Crippen molar-refractivity contribution in [2.75, 3.05) is 0 Å². The Kier molecular flexibility index (Phi) is 3.92. The topological polar surface area (TPSA) is 52.1 Å². The van der Waals surface area contributed by atoms with Gasteiger partial charge in [0.25, 0.3) is 0 Å². The average molecular weight is 290 g/mol. The Morgan fingerprint density at radius 2 is 1.82 bits per heavy atom. The highest BCUT2D eigenvalue weighted by Crippen LogP contribution is 2.29. The van der Waals surface area contributed by atoms with Crippen LogP contribution >= 0.6 is 0 Å². The molecule has 1 aromatic heterocycles. The molecule has 0 aliphatic carbocycles. The molecule has 0 atom stereocenters. The number of ketones is 1. The van der Waals surface area contributed by atoms with Crippen molar-refractivity contribution in [3.05, 3.63) is 66.5 Å². The lowest BCUT2D eigenvalue weighted by Crippen LogP contribution is -1.93. The van der Waals surface area contributed by atoms with E-state index in [2.05, 4.69) is 9.97 Å². The molecule has 0 fully saturated rings. The van der Waals surface area contributed by atoms with Crippen LogP contribution in [-0.4, -0.2) is 15.8 Å². The van der Waals surface area contributed by atoms with Crippen LogP contribution in [0.1, 0.15) is 12.5 Å². The molecule has 3 aromatic rings. The largest absolute Gasteiger partial charge is 0.438 e. The first-order valence-corrected chi connectivity index (χ1v) is 6.89. The summed E-state index contributed by atoms with van der Waals surface area (Å²) in [5.41, 5.74) is 1.64. The monoisotopic (exact) mass is 290 g/mol. The molecule has 0 radical (unpaired) electrons. The highest BCUT2D eigenvalue weighted by molar-refractivity contribution is 5.92. The van der Waals surface area contributed by atoms with Crippen molar-refractivity contribution in [3.8, 4) is 11.6 Å². The van der Waals surface area contributed by atoms with E-state index in [0.29, 0.717) is 11.6 Å². The number of benzene rings is 2. The molecule has 0 saturated heterocycles. The third kappa shape index (κ3) is 3.01. The van der Waals surface area contributed by atoms with Crippen molar-refractivity contribution in [2.45, 2.75) is 6.92 Å². The molecule has 0 N–H and O–H groups in total. The first kappa shape index (κ1) is 13.9. The van der Waals surface area contributed by atoms with Crippen LogP contribution in [0, 0.1) is 0 Å². The number of ether oxygens (including phenoxy) is 1. The van der Waals surface area contributed by atoms with E-state index in [1.165, 1.54) is 19.3 Å². The van der Waals surface area contributed by atoms with Gasteiger partial charge in [0.15, 0.2) is 5.78 Å². The van der Waals surface area contributed by atoms with Crippen molar-refractivity contribution in [1.82, 2.24) is 9.97 Å². The lowest BCUT2D eigenvalue weighted by atomic mass is 10.1. The van der Waals surface area contributed by atoms with E-state index < -0.39 is 0 Å². The number of hydrogen-bond acceptors (Lipinski definition) is 4. The predicted octanol–water partition coefficient (Wildman–Crippen LogP) is 4.02. The third-order valence-corrected chi connectivity index (χ3v) is 3.13. The maximum Gasteiger partial charge on any atom is 0.230 e. The van der Waals surface area contributed by atoms with Crippen molar-refractivity contribution < 1.29 is 9.53 Å². The summed E-state index contributed by atoms with van der Waals surface area (Å²) < 4.78 is 5.94. The molecule has 4 heteroatoms. The fourth-order valence-electron chi connectivity index (χ4n) is 2.08. The van der Waals surface area contributed by atoms with E-state index in [4.69, 9.17) is 4.74 Å². The zero-order valence-electron chi connectivity index (χ0n) is 12.1. The molecule has 0 aliphatic heterocycles. The molecule has 1 heterocycles. The van der Waals surface area contributed by atoms with Gasteiger partial charge in [0.05, 0.1) is 10.9 Å². The van der Waals surface area contributed by atoms with Gasteiger partial charge in [-0.25, -0.2) is 9.97 Å². The molecule has 0 amide bonds. The summed E-state index contributed by atoms with van der Waals surface area (Å²) in [6.07, 6.45) is 4.73. The summed E-state index contributed by atoms with van der Waals surface area (Å²) in [5.74, 6) is 1.13. The first-order chi connectivity index (χ1) is 10.7. The van der Waals surface area contributed by atoms with Gasteiger partial charge < -0.3 is 4.74 Å². The lowest BCUT2D eigenvalue weighted by Gasteiger charge is -2.09. The van der Waals surface area contributed by atoms with Crippen LogP contribution in [-0.2, 0) is 4.79 Å². The maximum atomic E-state index is 11.1. The van der Waals surface area contributed by atoms with Crippen LogP contribution in [0.3, 0.4) is 0 Å². The van der Waals surface area contributed by atoms with Gasteiger partial charge in [-0.3, -0.25) is 4.79 Å². The number of rotatable bonds is 4. The van der Waals surface area contributed by atoms with Crippen LogP contribution in [0.15, 0.2) is 60.9 Å². The van der Waals surface area contributed by atoms with E-state index in [0.717, 1.165) is 16.5 Å². The van der Waals surface area contributed by atoms with Gasteiger partial charge in [-0.2, -0.15) is 0 Å². The van der Waals surface area contributed by atoms with Gasteiger partial charge >= 0.3 is 0 Å². The quantitative estimate of drug-likeness (QED) is 0.681. The van der Waals surface area contributed by atoms with E-state index in [9.17, 15) is 4.79 Å². The molecule has 0 saturated carbocycles. The minimum atomic E-state index is -0.0118. The van der Waals surface area contributed by atoms with Crippen LogP contribution in [0.25, 0.3) is 17.0 Å². The molecule has 22 heavy (non-hydrogen) atoms. The van der Waals surface area contributed by atoms with Gasteiger partial charge in [-0.1, -0.05) is 30.3 Å². The third-order valence-electron chi connectivity index (χ3n) is 3.13. The first-order valence-electron chi connectivity index (χ1n) is 6.89. The number of carbonyl (C=O) groups excluding carboxylic acids is 1. The van der Waals surface area contributed by atoms with Gasteiger partial charge in [-0.05, 0) is 37.3 Å². The Morgan fingerprint density at radius 1 is 1.05 bits per heavy atom. The van der Waals surface area contributed by atoms with Crippen LogP contribution in [0.4, 0.5) is 0 Å². The minimum absolute atomic E-state index is 0.0118. The average Bonchev–Trinajstić information content (AvgIpc) is 2.54. The van der Waals surface area contributed by atoms with Crippen molar-refractivity contribution in [3.63, 3.8) is 0 Å². The second-order valence-corrected chi connectivity index (χ2v) is 4.78. The van der Waals surface area contributed by atoms with E-state index in [1.807, 2.05) is 48.5 Å². The number of allylic oxidation sites excluding steroid dienone is 1. The SMILES string of the molecule is CC(=O)C=Cc1ccccc1Oc1ncnc2ccccc12. The normalized spacial score (nSPS) is 11.0. The Morgan fingerprint density at radius 3 is 2.68 bits per heavy atom. The number of nitrogens with zero attached hydrogens (tertiary/aromatic N) is 2. The molecule has 4 nitrogen and oxygen atoms in total. The smallest absolute Gasteiger partial charge is 0.230 e. The Bertz CT molecular complexity index is 851. The second kappa shape index (κ2) is 6.18. The fourth-order valence-corrected chi connectivity index (χ4v) is 2.08. The van der Waals surface area contributed by atoms with Crippen molar-refractivity contribution >= 4 is 22.8 Å². The van der Waals surface area contributed by atoms with Gasteiger partial charge in [0.1, 0.15) is 12.1 Å². The van der Waals surface area contributed by atoms with Crippen LogP contribution in [0.2, 0.25) is 0 Å². The van der Waals surface area contributed by atoms with E-state index in [1.54, 1.807) is 6.08 Å². The number of para-hydroxylation sites is 2. The van der Waals surface area contributed by atoms with Crippen LogP contribution < -0.4 is 4.74 Å². The number of aromatic nitrogens is 2. The Hall–Kier alpha value is -3.01. The molecular formula is C18H14N2O2. The molecule has 0 unspecified atom stereocenters. The fraction of sp³-hybridized carbons (Fsp3) is 0.0556. The molecule has 0 bridgehead atoms. The van der Waals surface area contributed by atoms with Gasteiger partial charge in [0.2, 0.25) is 5.88 Å². The van der Waals surface area contributed by atoms with Crippen LogP contribution in [0.5, 0.6) is 11.6 Å². The van der Waals surface area contributed by atoms with Gasteiger partial charge in [0, 0.05) is 5.56 Å². The van der Waals surface area contributed by atoms with Crippen molar-refractivity contribution in [2.24, 2.45) is 0 Å². The molecular weight excluding hydrogens is 276 g/mol. The van der Waals surface area contributed by atoms with E-state index >= 15 is 0 Å². The number of carbonyl (C=O) groups is 1. The zero-order valence-corrected chi connectivity index (χ0v) is 12.1. The highest BCUT2D eigenvalue weighted by Gasteiger charge is 2.07. The predicted molar refractivity (Wildman–Crippen MR) is 85.8 cm³/mol. The van der Waals surface area contributed by atoms with Gasteiger partial charge in [-0.15, -0.1) is 0 Å². The summed E-state index contributed by atoms with van der Waals surface area (Å²) in [7, 11) is 0. The molecule has 108 valence electrons.